The van der Waals surface area contributed by atoms with Crippen LogP contribution in [0.3, 0.4) is 0 Å². The zero-order valence-corrected chi connectivity index (χ0v) is 20.1. The highest BCUT2D eigenvalue weighted by atomic mass is 16.5. The van der Waals surface area contributed by atoms with Crippen LogP contribution in [-0.4, -0.2) is 48.2 Å². The molecule has 3 aliphatic rings. The Morgan fingerprint density at radius 2 is 1.73 bits per heavy atom. The number of carbonyl (C=O) groups is 2. The number of nitrogens with zero attached hydrogens (tertiary/aromatic N) is 1. The van der Waals surface area contributed by atoms with Crippen molar-refractivity contribution in [3.63, 3.8) is 0 Å². The average molecular weight is 425 g/mol. The Bertz CT molecular complexity index is 578. The van der Waals surface area contributed by atoms with Gasteiger partial charge in [0.25, 0.3) is 11.8 Å². The Hall–Kier alpha value is -1.56. The smallest absolute Gasteiger partial charge is 0.265 e. The third kappa shape index (κ3) is 7.00. The van der Waals surface area contributed by atoms with Crippen LogP contribution in [0.15, 0.2) is 11.3 Å². The van der Waals surface area contributed by atoms with E-state index in [0.717, 1.165) is 5.92 Å². The van der Waals surface area contributed by atoms with E-state index in [-0.39, 0.29) is 24.7 Å². The number of amides is 2. The van der Waals surface area contributed by atoms with Gasteiger partial charge in [-0.2, -0.15) is 0 Å². The maximum absolute atomic E-state index is 11.6. The maximum atomic E-state index is 11.6. The predicted molar refractivity (Wildman–Crippen MR) is 121 cm³/mol. The number of ether oxygens (including phenoxy) is 1. The predicted octanol–water partition coefficient (Wildman–Crippen LogP) is 4.94. The number of hydrogen-bond acceptors (Lipinski definition) is 4. The first-order valence-electron chi connectivity index (χ1n) is 11.8. The van der Waals surface area contributed by atoms with Crippen LogP contribution in [0.4, 0.5) is 0 Å². The molecule has 0 aromatic carbocycles. The summed E-state index contributed by atoms with van der Waals surface area (Å²) < 4.78 is 4.99. The molecule has 2 aliphatic heterocycles. The highest BCUT2D eigenvalue weighted by molar-refractivity contribution is 6.20. The van der Waals surface area contributed by atoms with Crippen molar-refractivity contribution in [3.05, 3.63) is 11.3 Å². The first-order valence-corrected chi connectivity index (χ1v) is 11.8. The van der Waals surface area contributed by atoms with Gasteiger partial charge >= 0.3 is 0 Å². The van der Waals surface area contributed by atoms with Crippen LogP contribution in [0.5, 0.6) is 0 Å². The minimum Gasteiger partial charge on any atom is -0.509 e. The Morgan fingerprint density at radius 1 is 1.13 bits per heavy atom. The Kier molecular flexibility index (Phi) is 11.5. The second kappa shape index (κ2) is 13.0. The summed E-state index contributed by atoms with van der Waals surface area (Å²) in [7, 11) is 1.41. The van der Waals surface area contributed by atoms with E-state index in [0.29, 0.717) is 5.41 Å². The van der Waals surface area contributed by atoms with E-state index in [4.69, 9.17) is 4.74 Å². The SMILES string of the molecule is CCCC.CCCC(C)(C)C1CCCCC1.CNC(=O)C1=C(O)C2COCN2C1=O. The highest BCUT2D eigenvalue weighted by Crippen LogP contribution is 2.41. The van der Waals surface area contributed by atoms with Gasteiger partial charge in [-0.15, -0.1) is 0 Å². The van der Waals surface area contributed by atoms with Gasteiger partial charge in [-0.3, -0.25) is 9.59 Å². The van der Waals surface area contributed by atoms with E-state index in [9.17, 15) is 14.7 Å². The molecule has 0 radical (unpaired) electrons. The summed E-state index contributed by atoms with van der Waals surface area (Å²) in [6, 6.07) is -0.477. The van der Waals surface area contributed by atoms with Crippen LogP contribution in [-0.2, 0) is 14.3 Å². The molecule has 6 heteroatoms. The molecule has 1 saturated carbocycles. The average Bonchev–Trinajstić information content (AvgIpc) is 3.32. The van der Waals surface area contributed by atoms with Gasteiger partial charge in [-0.05, 0) is 30.6 Å². The van der Waals surface area contributed by atoms with E-state index in [1.54, 1.807) is 0 Å². The topological polar surface area (TPSA) is 78.9 Å². The molecule has 6 nitrogen and oxygen atoms in total. The van der Waals surface area contributed by atoms with Crippen LogP contribution in [0, 0.1) is 11.3 Å². The second-order valence-electron chi connectivity index (χ2n) is 9.20. The number of likely N-dealkylation sites (N-methyl/N-ethyl adjacent to an activating group) is 1. The van der Waals surface area contributed by atoms with Gasteiger partial charge in [0.1, 0.15) is 24.1 Å². The summed E-state index contributed by atoms with van der Waals surface area (Å²) in [6.07, 6.45) is 12.8. The fraction of sp³-hybridized carbons (Fsp3) is 0.833. The van der Waals surface area contributed by atoms with Gasteiger partial charge in [0.2, 0.25) is 0 Å². The summed E-state index contributed by atoms with van der Waals surface area (Å²) in [4.78, 5) is 24.1. The number of rotatable bonds is 5. The molecule has 30 heavy (non-hydrogen) atoms. The Morgan fingerprint density at radius 3 is 2.20 bits per heavy atom. The fourth-order valence-electron chi connectivity index (χ4n) is 4.36. The molecule has 1 atom stereocenters. The summed E-state index contributed by atoms with van der Waals surface area (Å²) in [6.45, 7) is 12.0. The van der Waals surface area contributed by atoms with Gasteiger partial charge in [0, 0.05) is 7.05 Å². The molecule has 174 valence electrons. The lowest BCUT2D eigenvalue weighted by atomic mass is 9.69. The van der Waals surface area contributed by atoms with E-state index in [1.807, 2.05) is 0 Å². The fourth-order valence-corrected chi connectivity index (χ4v) is 4.36. The van der Waals surface area contributed by atoms with Crippen molar-refractivity contribution >= 4 is 11.8 Å². The largest absolute Gasteiger partial charge is 0.509 e. The van der Waals surface area contributed by atoms with Gasteiger partial charge in [0.05, 0.1) is 6.61 Å². The quantitative estimate of drug-likeness (QED) is 0.613. The summed E-state index contributed by atoms with van der Waals surface area (Å²) in [5.41, 5.74) is 0.454. The number of nitrogens with one attached hydrogen (secondary N) is 1. The van der Waals surface area contributed by atoms with E-state index >= 15 is 0 Å². The molecule has 2 heterocycles. The maximum Gasteiger partial charge on any atom is 0.265 e. The number of aliphatic hydroxyl groups excluding tert-OH is 1. The Labute approximate surface area is 183 Å². The zero-order valence-electron chi connectivity index (χ0n) is 20.1. The molecular formula is C24H44N2O4. The summed E-state index contributed by atoms with van der Waals surface area (Å²) in [5.74, 6) is -0.190. The number of hydrogen-bond donors (Lipinski definition) is 2. The normalized spacial score (nSPS) is 21.5. The van der Waals surface area contributed by atoms with Crippen LogP contribution < -0.4 is 5.32 Å². The second-order valence-corrected chi connectivity index (χ2v) is 9.20. The van der Waals surface area contributed by atoms with Crippen molar-refractivity contribution in [2.75, 3.05) is 20.4 Å². The molecule has 0 bridgehead atoms. The first-order chi connectivity index (χ1) is 14.2. The third-order valence-electron chi connectivity index (χ3n) is 6.49. The molecule has 1 unspecified atom stereocenters. The van der Waals surface area contributed by atoms with Crippen LogP contribution in [0.25, 0.3) is 0 Å². The summed E-state index contributed by atoms with van der Waals surface area (Å²) in [5, 5.41) is 11.9. The van der Waals surface area contributed by atoms with Crippen molar-refractivity contribution in [2.24, 2.45) is 11.3 Å². The van der Waals surface area contributed by atoms with Gasteiger partial charge < -0.3 is 20.1 Å². The number of aliphatic hydroxyl groups is 1. The van der Waals surface area contributed by atoms with Crippen molar-refractivity contribution < 1.29 is 19.4 Å². The number of fused-ring (bicyclic) bond motifs is 1. The molecule has 0 aromatic rings. The Balaban J connectivity index is 0.000000258. The van der Waals surface area contributed by atoms with Gasteiger partial charge in [0.15, 0.2) is 0 Å². The van der Waals surface area contributed by atoms with Crippen molar-refractivity contribution in [3.8, 4) is 0 Å². The summed E-state index contributed by atoms with van der Waals surface area (Å²) >= 11 is 0. The van der Waals surface area contributed by atoms with Crippen molar-refractivity contribution in [1.82, 2.24) is 10.2 Å². The van der Waals surface area contributed by atoms with E-state index in [2.05, 4.69) is 39.9 Å². The lowest BCUT2D eigenvalue weighted by Crippen LogP contribution is -2.33. The molecule has 0 spiro atoms. The van der Waals surface area contributed by atoms with Crippen LogP contribution >= 0.6 is 0 Å². The highest BCUT2D eigenvalue weighted by Gasteiger charge is 2.45. The van der Waals surface area contributed by atoms with E-state index in [1.165, 1.54) is 69.7 Å². The van der Waals surface area contributed by atoms with Gasteiger partial charge in [-0.1, -0.05) is 73.1 Å². The van der Waals surface area contributed by atoms with Crippen molar-refractivity contribution in [2.45, 2.75) is 98.4 Å². The minimum absolute atomic E-state index is 0.133. The molecule has 2 N–H and O–H groups in total. The number of unbranched alkanes of at least 4 members (excludes halogenated alkanes) is 1. The van der Waals surface area contributed by atoms with Crippen molar-refractivity contribution in [1.29, 1.82) is 0 Å². The standard InChI is InChI=1S/C12H24.C8H10N2O4.C4H10/c1-4-10-12(2,3)11-8-6-5-7-9-11;1-9-7(12)5-6(11)4-2-14-3-10(4)8(5)13;1-3-4-2/h11H,4-10H2,1-3H3;4,11H,2-3H2,1H3,(H,9,12);3-4H2,1-2H3. The molecule has 2 fully saturated rings. The number of carbonyl (C=O) groups excluding carboxylic acids is 2. The van der Waals surface area contributed by atoms with Gasteiger partial charge in [-0.25, -0.2) is 0 Å². The minimum atomic E-state index is -0.554. The molecule has 2 amide bonds. The molecule has 1 aliphatic carbocycles. The molecule has 0 aromatic heterocycles. The monoisotopic (exact) mass is 424 g/mol. The molecule has 3 rings (SSSR count). The van der Waals surface area contributed by atoms with E-state index < -0.39 is 17.9 Å². The lowest BCUT2D eigenvalue weighted by molar-refractivity contribution is -0.129. The lowest BCUT2D eigenvalue weighted by Gasteiger charge is -2.37. The first kappa shape index (κ1) is 26.5. The van der Waals surface area contributed by atoms with Crippen LogP contribution in [0.1, 0.15) is 92.4 Å². The third-order valence-corrected chi connectivity index (χ3v) is 6.49. The molecular weight excluding hydrogens is 380 g/mol. The zero-order chi connectivity index (χ0) is 22.7. The molecule has 1 saturated heterocycles. The van der Waals surface area contributed by atoms with Crippen LogP contribution in [0.2, 0.25) is 0 Å².